The summed E-state index contributed by atoms with van der Waals surface area (Å²) in [4.78, 5) is 15.0. The first-order valence-corrected chi connectivity index (χ1v) is 9.83. The van der Waals surface area contributed by atoms with E-state index in [1.54, 1.807) is 24.3 Å². The summed E-state index contributed by atoms with van der Waals surface area (Å²) in [7, 11) is 0. The van der Waals surface area contributed by atoms with Gasteiger partial charge >= 0.3 is 0 Å². The lowest BCUT2D eigenvalue weighted by atomic mass is 10.0. The Hall–Kier alpha value is -3.44. The van der Waals surface area contributed by atoms with Crippen molar-refractivity contribution in [2.24, 2.45) is 0 Å². The summed E-state index contributed by atoms with van der Waals surface area (Å²) in [5, 5.41) is 0. The number of allylic oxidation sites excluding steroid dienone is 1. The first-order chi connectivity index (χ1) is 14.6. The van der Waals surface area contributed by atoms with Gasteiger partial charge in [0.15, 0.2) is 5.76 Å². The van der Waals surface area contributed by atoms with Gasteiger partial charge in [-0.1, -0.05) is 42.0 Å². The number of hydrogen-bond donors (Lipinski definition) is 0. The summed E-state index contributed by atoms with van der Waals surface area (Å²) in [6, 6.07) is 18.0. The average molecular weight is 401 g/mol. The molecule has 0 N–H and O–H groups in total. The van der Waals surface area contributed by atoms with Gasteiger partial charge in [-0.3, -0.25) is 9.69 Å². The van der Waals surface area contributed by atoms with Crippen LogP contribution in [0.2, 0.25) is 0 Å². The number of halogens is 1. The molecule has 5 rings (SSSR count). The molecular formula is C25H20FNO3. The number of Topliss-reactive ketones (excluding diaryl/α,β-unsaturated/α-hetero) is 1. The van der Waals surface area contributed by atoms with Crippen LogP contribution in [0.4, 0.5) is 4.39 Å². The van der Waals surface area contributed by atoms with Crippen molar-refractivity contribution in [3.63, 3.8) is 0 Å². The molecule has 0 aliphatic carbocycles. The van der Waals surface area contributed by atoms with Crippen molar-refractivity contribution < 1.29 is 18.7 Å². The summed E-state index contributed by atoms with van der Waals surface area (Å²) in [6.07, 6.45) is 1.57. The van der Waals surface area contributed by atoms with Gasteiger partial charge in [0.05, 0.1) is 11.1 Å². The SMILES string of the molecule is Cc1ccc(CN2COc3ccc4c(c3C2)O/C(=C\c2cccc(F)c2)C4=O)cc1. The Morgan fingerprint density at radius 2 is 1.93 bits per heavy atom. The Kier molecular flexibility index (Phi) is 4.60. The molecule has 3 aromatic carbocycles. The van der Waals surface area contributed by atoms with E-state index in [2.05, 4.69) is 36.1 Å². The van der Waals surface area contributed by atoms with E-state index in [0.717, 1.165) is 17.9 Å². The fourth-order valence-electron chi connectivity index (χ4n) is 3.81. The molecule has 0 radical (unpaired) electrons. The van der Waals surface area contributed by atoms with Crippen molar-refractivity contribution in [2.45, 2.75) is 20.0 Å². The fourth-order valence-corrected chi connectivity index (χ4v) is 3.81. The van der Waals surface area contributed by atoms with Gasteiger partial charge in [-0.15, -0.1) is 0 Å². The first kappa shape index (κ1) is 18.6. The third-order valence-electron chi connectivity index (χ3n) is 5.36. The number of fused-ring (bicyclic) bond motifs is 3. The number of hydrogen-bond acceptors (Lipinski definition) is 4. The van der Waals surface area contributed by atoms with Crippen LogP contribution in [0.3, 0.4) is 0 Å². The quantitative estimate of drug-likeness (QED) is 0.572. The van der Waals surface area contributed by atoms with Crippen LogP contribution >= 0.6 is 0 Å². The van der Waals surface area contributed by atoms with Crippen molar-refractivity contribution in [3.8, 4) is 11.5 Å². The van der Waals surface area contributed by atoms with Crippen molar-refractivity contribution in [2.75, 3.05) is 6.73 Å². The molecule has 2 aliphatic rings. The van der Waals surface area contributed by atoms with Crippen LogP contribution < -0.4 is 9.47 Å². The molecule has 0 saturated heterocycles. The minimum atomic E-state index is -0.357. The summed E-state index contributed by atoms with van der Waals surface area (Å²) in [6.45, 7) is 3.90. The molecular weight excluding hydrogens is 381 g/mol. The molecule has 0 amide bonds. The van der Waals surface area contributed by atoms with Gasteiger partial charge < -0.3 is 9.47 Å². The van der Waals surface area contributed by atoms with E-state index in [4.69, 9.17) is 9.47 Å². The lowest BCUT2D eigenvalue weighted by Gasteiger charge is -2.29. The van der Waals surface area contributed by atoms with Crippen LogP contribution in [0.5, 0.6) is 11.5 Å². The van der Waals surface area contributed by atoms with Crippen molar-refractivity contribution in [3.05, 3.63) is 100 Å². The fraction of sp³-hybridized carbons (Fsp3) is 0.160. The average Bonchev–Trinajstić information content (AvgIpc) is 3.06. The van der Waals surface area contributed by atoms with Crippen LogP contribution in [-0.4, -0.2) is 17.4 Å². The number of ether oxygens (including phenoxy) is 2. The van der Waals surface area contributed by atoms with Crippen LogP contribution in [0.1, 0.15) is 32.6 Å². The van der Waals surface area contributed by atoms with Crippen LogP contribution in [-0.2, 0) is 13.1 Å². The largest absolute Gasteiger partial charge is 0.478 e. The highest BCUT2D eigenvalue weighted by Crippen LogP contribution is 2.42. The highest BCUT2D eigenvalue weighted by molar-refractivity contribution is 6.15. The predicted molar refractivity (Wildman–Crippen MR) is 112 cm³/mol. The molecule has 150 valence electrons. The van der Waals surface area contributed by atoms with E-state index in [1.807, 2.05) is 6.07 Å². The monoisotopic (exact) mass is 401 g/mol. The maximum absolute atomic E-state index is 13.5. The van der Waals surface area contributed by atoms with Gasteiger partial charge in [-0.05, 0) is 48.4 Å². The molecule has 0 atom stereocenters. The zero-order valence-electron chi connectivity index (χ0n) is 16.5. The molecule has 3 aromatic rings. The second kappa shape index (κ2) is 7.43. The molecule has 2 aliphatic heterocycles. The van der Waals surface area contributed by atoms with E-state index in [-0.39, 0.29) is 17.4 Å². The molecule has 30 heavy (non-hydrogen) atoms. The molecule has 0 unspecified atom stereocenters. The van der Waals surface area contributed by atoms with E-state index < -0.39 is 0 Å². The maximum atomic E-state index is 13.5. The third kappa shape index (κ3) is 3.48. The van der Waals surface area contributed by atoms with E-state index in [1.165, 1.54) is 23.3 Å². The van der Waals surface area contributed by atoms with E-state index in [9.17, 15) is 9.18 Å². The molecule has 2 heterocycles. The Morgan fingerprint density at radius 1 is 1.10 bits per heavy atom. The van der Waals surface area contributed by atoms with Gasteiger partial charge in [-0.2, -0.15) is 0 Å². The van der Waals surface area contributed by atoms with Gasteiger partial charge in [0.2, 0.25) is 5.78 Å². The Morgan fingerprint density at radius 3 is 2.73 bits per heavy atom. The summed E-state index contributed by atoms with van der Waals surface area (Å²) in [5.41, 5.74) is 4.38. The molecule has 0 saturated carbocycles. The smallest absolute Gasteiger partial charge is 0.231 e. The van der Waals surface area contributed by atoms with Gasteiger partial charge in [-0.25, -0.2) is 4.39 Å². The Balaban J connectivity index is 1.42. The van der Waals surface area contributed by atoms with E-state index in [0.29, 0.717) is 30.2 Å². The highest BCUT2D eigenvalue weighted by Gasteiger charge is 2.33. The second-order valence-corrected chi connectivity index (χ2v) is 7.66. The highest BCUT2D eigenvalue weighted by atomic mass is 19.1. The summed E-state index contributed by atoms with van der Waals surface area (Å²) >= 11 is 0. The Bertz CT molecular complexity index is 1170. The number of carbonyl (C=O) groups is 1. The van der Waals surface area contributed by atoms with Crippen molar-refractivity contribution >= 4 is 11.9 Å². The summed E-state index contributed by atoms with van der Waals surface area (Å²) in [5.74, 6) is 0.902. The standard InChI is InChI=1S/C25H20FNO3/c1-16-5-7-17(8-6-16)13-27-14-21-22(29-15-27)10-9-20-24(28)23(30-25(20)21)12-18-3-2-4-19(26)11-18/h2-12H,13-15H2,1H3/b23-12-. The Labute approximate surface area is 174 Å². The minimum absolute atomic E-state index is 0.194. The normalized spacial score (nSPS) is 16.7. The molecule has 5 heteroatoms. The van der Waals surface area contributed by atoms with Crippen molar-refractivity contribution in [1.29, 1.82) is 0 Å². The lowest BCUT2D eigenvalue weighted by Crippen LogP contribution is -2.31. The molecule has 0 spiro atoms. The number of aryl methyl sites for hydroxylation is 1. The van der Waals surface area contributed by atoms with Crippen LogP contribution in [0.15, 0.2) is 66.4 Å². The zero-order chi connectivity index (χ0) is 20.7. The number of rotatable bonds is 3. The van der Waals surface area contributed by atoms with Crippen LogP contribution in [0, 0.1) is 12.7 Å². The topological polar surface area (TPSA) is 38.8 Å². The zero-order valence-corrected chi connectivity index (χ0v) is 16.5. The second-order valence-electron chi connectivity index (χ2n) is 7.66. The minimum Gasteiger partial charge on any atom is -0.478 e. The molecule has 0 bridgehead atoms. The van der Waals surface area contributed by atoms with E-state index >= 15 is 0 Å². The first-order valence-electron chi connectivity index (χ1n) is 9.83. The molecule has 4 nitrogen and oxygen atoms in total. The third-order valence-corrected chi connectivity index (χ3v) is 5.36. The van der Waals surface area contributed by atoms with Gasteiger partial charge in [0.25, 0.3) is 0 Å². The summed E-state index contributed by atoms with van der Waals surface area (Å²) < 4.78 is 25.4. The van der Waals surface area contributed by atoms with Crippen molar-refractivity contribution in [1.82, 2.24) is 4.90 Å². The van der Waals surface area contributed by atoms with Gasteiger partial charge in [0, 0.05) is 13.1 Å². The predicted octanol–water partition coefficient (Wildman–Crippen LogP) is 5.10. The number of ketones is 1. The lowest BCUT2D eigenvalue weighted by molar-refractivity contribution is 0.0873. The van der Waals surface area contributed by atoms with Crippen LogP contribution in [0.25, 0.3) is 6.08 Å². The maximum Gasteiger partial charge on any atom is 0.231 e. The number of benzene rings is 3. The molecule has 0 aromatic heterocycles. The number of nitrogens with zero attached hydrogens (tertiary/aromatic N) is 1. The molecule has 0 fully saturated rings. The number of carbonyl (C=O) groups excluding carboxylic acids is 1. The van der Waals surface area contributed by atoms with Gasteiger partial charge in [0.1, 0.15) is 24.0 Å².